The summed E-state index contributed by atoms with van der Waals surface area (Å²) >= 11 is 1.65. The minimum absolute atomic E-state index is 0.625. The topological polar surface area (TPSA) is 55.6 Å². The molecule has 0 saturated heterocycles. The van der Waals surface area contributed by atoms with Crippen molar-refractivity contribution in [2.24, 2.45) is 7.05 Å². The number of rotatable bonds is 5. The molecule has 1 aliphatic rings. The Balaban J connectivity index is 1.48. The van der Waals surface area contributed by atoms with Crippen LogP contribution in [0.15, 0.2) is 35.8 Å². The van der Waals surface area contributed by atoms with Gasteiger partial charge >= 0.3 is 0 Å². The minimum atomic E-state index is 0.625. The SMILES string of the molecule is Cn1c(CNc2cccc(-c3nccs3)c2)nnc1C1CC1. The molecule has 112 valence electrons. The van der Waals surface area contributed by atoms with E-state index < -0.39 is 0 Å². The van der Waals surface area contributed by atoms with Crippen LogP contribution in [-0.2, 0) is 13.6 Å². The predicted octanol–water partition coefficient (Wildman–Crippen LogP) is 3.43. The fourth-order valence-corrected chi connectivity index (χ4v) is 3.17. The molecule has 0 atom stereocenters. The van der Waals surface area contributed by atoms with Gasteiger partial charge in [-0.05, 0) is 25.0 Å². The average molecular weight is 311 g/mol. The largest absolute Gasteiger partial charge is 0.378 e. The van der Waals surface area contributed by atoms with Crippen LogP contribution in [0.5, 0.6) is 0 Å². The maximum atomic E-state index is 4.35. The molecule has 6 heteroatoms. The van der Waals surface area contributed by atoms with Crippen LogP contribution >= 0.6 is 11.3 Å². The van der Waals surface area contributed by atoms with E-state index in [0.29, 0.717) is 12.5 Å². The fourth-order valence-electron chi connectivity index (χ4n) is 2.54. The van der Waals surface area contributed by atoms with E-state index in [1.54, 1.807) is 11.3 Å². The molecule has 4 rings (SSSR count). The molecule has 5 nitrogen and oxygen atoms in total. The number of thiazole rings is 1. The summed E-state index contributed by atoms with van der Waals surface area (Å²) in [5.41, 5.74) is 2.21. The second-order valence-electron chi connectivity index (χ2n) is 5.58. The molecule has 2 heterocycles. The fraction of sp³-hybridized carbons (Fsp3) is 0.312. The molecule has 1 saturated carbocycles. The van der Waals surface area contributed by atoms with Gasteiger partial charge in [-0.3, -0.25) is 0 Å². The first-order chi connectivity index (χ1) is 10.8. The number of hydrogen-bond acceptors (Lipinski definition) is 5. The van der Waals surface area contributed by atoms with Gasteiger partial charge in [0.25, 0.3) is 0 Å². The Labute approximate surface area is 133 Å². The molecule has 0 amide bonds. The Morgan fingerprint density at radius 3 is 3.00 bits per heavy atom. The molecular weight excluding hydrogens is 294 g/mol. The van der Waals surface area contributed by atoms with Gasteiger partial charge in [0.15, 0.2) is 5.82 Å². The van der Waals surface area contributed by atoms with Crippen LogP contribution in [0.3, 0.4) is 0 Å². The second-order valence-corrected chi connectivity index (χ2v) is 6.47. The molecule has 0 bridgehead atoms. The van der Waals surface area contributed by atoms with E-state index in [4.69, 9.17) is 0 Å². The number of nitrogens with zero attached hydrogens (tertiary/aromatic N) is 4. The lowest BCUT2D eigenvalue weighted by Gasteiger charge is -2.08. The molecule has 0 unspecified atom stereocenters. The van der Waals surface area contributed by atoms with Crippen molar-refractivity contribution >= 4 is 17.0 Å². The number of aromatic nitrogens is 4. The highest BCUT2D eigenvalue weighted by Crippen LogP contribution is 2.38. The predicted molar refractivity (Wildman–Crippen MR) is 87.9 cm³/mol. The summed E-state index contributed by atoms with van der Waals surface area (Å²) in [5.74, 6) is 2.72. The second kappa shape index (κ2) is 5.53. The molecule has 1 aliphatic carbocycles. The van der Waals surface area contributed by atoms with Crippen LogP contribution < -0.4 is 5.32 Å². The third-order valence-corrected chi connectivity index (χ3v) is 4.76. The zero-order chi connectivity index (χ0) is 14.9. The average Bonchev–Trinajstić information content (AvgIpc) is 3.10. The first-order valence-electron chi connectivity index (χ1n) is 7.43. The highest BCUT2D eigenvalue weighted by atomic mass is 32.1. The quantitative estimate of drug-likeness (QED) is 0.784. The van der Waals surface area contributed by atoms with Crippen molar-refractivity contribution in [2.75, 3.05) is 5.32 Å². The number of nitrogens with one attached hydrogen (secondary N) is 1. The van der Waals surface area contributed by atoms with Crippen LogP contribution in [0.1, 0.15) is 30.4 Å². The molecule has 0 aliphatic heterocycles. The van der Waals surface area contributed by atoms with E-state index >= 15 is 0 Å². The summed E-state index contributed by atoms with van der Waals surface area (Å²) in [6.45, 7) is 0.678. The van der Waals surface area contributed by atoms with Gasteiger partial charge in [0.05, 0.1) is 6.54 Å². The summed E-state index contributed by atoms with van der Waals surface area (Å²) in [7, 11) is 2.05. The van der Waals surface area contributed by atoms with Crippen LogP contribution in [0.25, 0.3) is 10.6 Å². The number of anilines is 1. The summed E-state index contributed by atoms with van der Waals surface area (Å²) in [6, 6.07) is 8.31. The lowest BCUT2D eigenvalue weighted by atomic mass is 10.2. The lowest BCUT2D eigenvalue weighted by molar-refractivity contribution is 0.757. The van der Waals surface area contributed by atoms with Gasteiger partial charge < -0.3 is 9.88 Å². The van der Waals surface area contributed by atoms with Crippen LogP contribution in [0.2, 0.25) is 0 Å². The van der Waals surface area contributed by atoms with E-state index in [2.05, 4.69) is 50.3 Å². The van der Waals surface area contributed by atoms with Crippen molar-refractivity contribution in [1.29, 1.82) is 0 Å². The van der Waals surface area contributed by atoms with E-state index in [1.807, 2.05) is 17.6 Å². The molecule has 1 aromatic carbocycles. The highest BCUT2D eigenvalue weighted by Gasteiger charge is 2.29. The van der Waals surface area contributed by atoms with Gasteiger partial charge in [0.2, 0.25) is 0 Å². The van der Waals surface area contributed by atoms with Crippen LogP contribution in [0, 0.1) is 0 Å². The van der Waals surface area contributed by atoms with Crippen molar-refractivity contribution in [3.8, 4) is 10.6 Å². The summed E-state index contributed by atoms with van der Waals surface area (Å²) in [4.78, 5) is 4.35. The third-order valence-electron chi connectivity index (χ3n) is 3.93. The van der Waals surface area contributed by atoms with Crippen molar-refractivity contribution in [3.63, 3.8) is 0 Å². The van der Waals surface area contributed by atoms with Crippen LogP contribution in [-0.4, -0.2) is 19.7 Å². The molecule has 3 aromatic rings. The van der Waals surface area contributed by atoms with Crippen LogP contribution in [0.4, 0.5) is 5.69 Å². The first kappa shape index (κ1) is 13.5. The maximum Gasteiger partial charge on any atom is 0.152 e. The molecule has 1 N–H and O–H groups in total. The molecular formula is C16H17N5S. The smallest absolute Gasteiger partial charge is 0.152 e. The van der Waals surface area contributed by atoms with Crippen molar-refractivity contribution in [3.05, 3.63) is 47.5 Å². The minimum Gasteiger partial charge on any atom is -0.378 e. The zero-order valence-electron chi connectivity index (χ0n) is 12.4. The van der Waals surface area contributed by atoms with Gasteiger partial charge in [-0.15, -0.1) is 21.5 Å². The zero-order valence-corrected chi connectivity index (χ0v) is 13.2. The Morgan fingerprint density at radius 1 is 1.32 bits per heavy atom. The van der Waals surface area contributed by atoms with Gasteiger partial charge in [0.1, 0.15) is 10.8 Å². The van der Waals surface area contributed by atoms with E-state index in [9.17, 15) is 0 Å². The van der Waals surface area contributed by atoms with E-state index in [0.717, 1.165) is 27.9 Å². The Kier molecular flexibility index (Phi) is 3.38. The third kappa shape index (κ3) is 2.62. The Bertz CT molecular complexity index is 774. The number of benzene rings is 1. The molecule has 0 spiro atoms. The summed E-state index contributed by atoms with van der Waals surface area (Å²) < 4.78 is 2.12. The maximum absolute atomic E-state index is 4.35. The van der Waals surface area contributed by atoms with Gasteiger partial charge in [-0.1, -0.05) is 12.1 Å². The first-order valence-corrected chi connectivity index (χ1v) is 8.31. The van der Waals surface area contributed by atoms with Gasteiger partial charge in [-0.2, -0.15) is 0 Å². The summed E-state index contributed by atoms with van der Waals surface area (Å²) in [5, 5.41) is 15.1. The van der Waals surface area contributed by atoms with Crippen molar-refractivity contribution < 1.29 is 0 Å². The number of hydrogen-bond donors (Lipinski definition) is 1. The van der Waals surface area contributed by atoms with Gasteiger partial charge in [0, 0.05) is 35.8 Å². The monoisotopic (exact) mass is 311 g/mol. The van der Waals surface area contributed by atoms with Crippen molar-refractivity contribution in [2.45, 2.75) is 25.3 Å². The Hall–Kier alpha value is -2.21. The van der Waals surface area contributed by atoms with E-state index in [1.165, 1.54) is 12.8 Å². The molecule has 1 fully saturated rings. The standard InChI is InChI=1S/C16H17N5S/c1-21-14(19-20-15(21)11-5-6-11)10-18-13-4-2-3-12(9-13)16-17-7-8-22-16/h2-4,7-9,11,18H,5-6,10H2,1H3. The normalized spacial score (nSPS) is 14.2. The highest BCUT2D eigenvalue weighted by molar-refractivity contribution is 7.13. The Morgan fingerprint density at radius 2 is 2.23 bits per heavy atom. The van der Waals surface area contributed by atoms with Crippen molar-refractivity contribution in [1.82, 2.24) is 19.7 Å². The molecule has 22 heavy (non-hydrogen) atoms. The lowest BCUT2D eigenvalue weighted by Crippen LogP contribution is -2.07. The molecule has 0 radical (unpaired) electrons. The molecule has 2 aromatic heterocycles. The van der Waals surface area contributed by atoms with E-state index in [-0.39, 0.29) is 0 Å². The summed E-state index contributed by atoms with van der Waals surface area (Å²) in [6.07, 6.45) is 4.32. The van der Waals surface area contributed by atoms with Gasteiger partial charge in [-0.25, -0.2) is 4.98 Å².